The summed E-state index contributed by atoms with van der Waals surface area (Å²) >= 11 is 2.03. The molecular formula is C26H32N2S. The highest BCUT2D eigenvalue weighted by Gasteiger charge is 2.14. The quantitative estimate of drug-likeness (QED) is 0.459. The molecule has 1 atom stereocenters. The maximum Gasteiger partial charge on any atom is 0.0645 e. The van der Waals surface area contributed by atoms with Crippen LogP contribution in [0.1, 0.15) is 55.5 Å². The van der Waals surface area contributed by atoms with Gasteiger partial charge in [0.1, 0.15) is 0 Å². The summed E-state index contributed by atoms with van der Waals surface area (Å²) in [7, 11) is 0. The van der Waals surface area contributed by atoms with E-state index in [-0.39, 0.29) is 5.41 Å². The molecule has 1 aromatic heterocycles. The zero-order valence-electron chi connectivity index (χ0n) is 18.1. The molecule has 0 bridgehead atoms. The van der Waals surface area contributed by atoms with Crippen LogP contribution in [0.3, 0.4) is 0 Å². The molecule has 3 aromatic rings. The lowest BCUT2D eigenvalue weighted by Gasteiger charge is -2.16. The van der Waals surface area contributed by atoms with Crippen molar-refractivity contribution in [3.8, 4) is 5.69 Å². The van der Waals surface area contributed by atoms with Gasteiger partial charge in [0, 0.05) is 17.7 Å². The largest absolute Gasteiger partial charge is 0.241 e. The molecule has 0 saturated carbocycles. The predicted octanol–water partition coefficient (Wildman–Crippen LogP) is 6.63. The Morgan fingerprint density at radius 3 is 2.38 bits per heavy atom. The third kappa shape index (κ3) is 5.33. The minimum atomic E-state index is 0.283. The second-order valence-corrected chi connectivity index (χ2v) is 10.8. The molecule has 0 aliphatic carbocycles. The molecule has 1 unspecified atom stereocenters. The monoisotopic (exact) mass is 404 g/mol. The lowest BCUT2D eigenvalue weighted by Crippen LogP contribution is -2.08. The minimum absolute atomic E-state index is 0.283. The normalized spacial score (nSPS) is 14.8. The predicted molar refractivity (Wildman–Crippen MR) is 125 cm³/mol. The summed E-state index contributed by atoms with van der Waals surface area (Å²) in [6.45, 7) is 9.16. The van der Waals surface area contributed by atoms with Gasteiger partial charge in [0.15, 0.2) is 0 Å². The number of nitrogens with zero attached hydrogens (tertiary/aromatic N) is 2. The Morgan fingerprint density at radius 2 is 1.62 bits per heavy atom. The smallest absolute Gasteiger partial charge is 0.0645 e. The van der Waals surface area contributed by atoms with E-state index in [1.165, 1.54) is 33.8 Å². The van der Waals surface area contributed by atoms with Gasteiger partial charge in [-0.2, -0.15) is 16.9 Å². The molecular weight excluding hydrogens is 372 g/mol. The molecule has 0 amide bonds. The average molecular weight is 405 g/mol. The van der Waals surface area contributed by atoms with Gasteiger partial charge in [0.2, 0.25) is 0 Å². The van der Waals surface area contributed by atoms with Crippen LogP contribution in [0, 0.1) is 11.3 Å². The summed E-state index contributed by atoms with van der Waals surface area (Å²) in [5.74, 6) is 3.01. The van der Waals surface area contributed by atoms with E-state index in [0.29, 0.717) is 5.92 Å². The third-order valence-electron chi connectivity index (χ3n) is 5.53. The Hall–Kier alpha value is -2.00. The Labute approximate surface area is 179 Å². The van der Waals surface area contributed by atoms with Gasteiger partial charge in [0.05, 0.1) is 11.9 Å². The summed E-state index contributed by atoms with van der Waals surface area (Å²) in [4.78, 5) is 0. The number of fused-ring (bicyclic) bond motifs is 1. The Morgan fingerprint density at radius 1 is 0.931 bits per heavy atom. The van der Waals surface area contributed by atoms with Gasteiger partial charge in [-0.05, 0) is 70.5 Å². The van der Waals surface area contributed by atoms with Crippen molar-refractivity contribution in [2.24, 2.45) is 11.3 Å². The molecule has 2 heterocycles. The number of benzene rings is 2. The molecule has 4 rings (SSSR count). The van der Waals surface area contributed by atoms with Gasteiger partial charge in [-0.3, -0.25) is 0 Å². The highest BCUT2D eigenvalue weighted by Crippen LogP contribution is 2.31. The van der Waals surface area contributed by atoms with Crippen molar-refractivity contribution in [3.05, 3.63) is 82.7 Å². The van der Waals surface area contributed by atoms with Crippen LogP contribution in [0.25, 0.3) is 5.69 Å². The molecule has 0 spiro atoms. The lowest BCUT2D eigenvalue weighted by molar-refractivity contribution is 0.411. The van der Waals surface area contributed by atoms with Crippen molar-refractivity contribution in [1.29, 1.82) is 0 Å². The van der Waals surface area contributed by atoms with E-state index in [9.17, 15) is 0 Å². The highest BCUT2D eigenvalue weighted by molar-refractivity contribution is 7.98. The van der Waals surface area contributed by atoms with E-state index < -0.39 is 0 Å². The van der Waals surface area contributed by atoms with Crippen LogP contribution in [0.2, 0.25) is 0 Å². The van der Waals surface area contributed by atoms with Crippen molar-refractivity contribution in [3.63, 3.8) is 0 Å². The Kier molecular flexibility index (Phi) is 5.87. The number of aromatic nitrogens is 2. The molecule has 2 nitrogen and oxygen atoms in total. The van der Waals surface area contributed by atoms with Crippen molar-refractivity contribution in [1.82, 2.24) is 9.78 Å². The van der Waals surface area contributed by atoms with Crippen LogP contribution in [-0.2, 0) is 30.8 Å². The van der Waals surface area contributed by atoms with Crippen molar-refractivity contribution < 1.29 is 0 Å². The topological polar surface area (TPSA) is 17.8 Å². The van der Waals surface area contributed by atoms with Gasteiger partial charge in [-0.25, -0.2) is 4.68 Å². The first-order valence-electron chi connectivity index (χ1n) is 10.7. The van der Waals surface area contributed by atoms with Crippen molar-refractivity contribution >= 4 is 11.8 Å². The van der Waals surface area contributed by atoms with Gasteiger partial charge < -0.3 is 0 Å². The molecule has 152 valence electrons. The third-order valence-corrected chi connectivity index (χ3v) is 6.56. The zero-order chi connectivity index (χ0) is 20.4. The highest BCUT2D eigenvalue weighted by atomic mass is 32.2. The summed E-state index contributed by atoms with van der Waals surface area (Å²) in [6, 6.07) is 16.0. The van der Waals surface area contributed by atoms with Crippen molar-refractivity contribution in [2.45, 2.75) is 58.5 Å². The van der Waals surface area contributed by atoms with E-state index in [1.54, 1.807) is 5.56 Å². The van der Waals surface area contributed by atoms with Gasteiger partial charge in [-0.1, -0.05) is 58.0 Å². The molecule has 2 aromatic carbocycles. The van der Waals surface area contributed by atoms with Crippen LogP contribution in [-0.4, -0.2) is 9.78 Å². The Bertz CT molecular complexity index is 963. The van der Waals surface area contributed by atoms with Gasteiger partial charge in [-0.15, -0.1) is 0 Å². The van der Waals surface area contributed by atoms with E-state index in [0.717, 1.165) is 24.9 Å². The first-order valence-corrected chi connectivity index (χ1v) is 11.8. The fourth-order valence-corrected chi connectivity index (χ4v) is 5.31. The molecule has 0 N–H and O–H groups in total. The number of hydrogen-bond donors (Lipinski definition) is 0. The summed E-state index contributed by atoms with van der Waals surface area (Å²) in [6.07, 6.45) is 7.46. The SMILES string of the molecule is CC(Cc1ccc(-n2cc(CC(C)(C)C)cn2)cc1)Cc1ccc2c(c1)CSC2. The molecule has 29 heavy (non-hydrogen) atoms. The second kappa shape index (κ2) is 8.39. The maximum atomic E-state index is 4.56. The maximum absolute atomic E-state index is 4.56. The number of hydrogen-bond acceptors (Lipinski definition) is 2. The fourth-order valence-electron chi connectivity index (χ4n) is 4.22. The lowest BCUT2D eigenvalue weighted by atomic mass is 9.89. The molecule has 1 aliphatic rings. The fraction of sp³-hybridized carbons (Fsp3) is 0.423. The molecule has 0 radical (unpaired) electrons. The molecule has 1 aliphatic heterocycles. The second-order valence-electron chi connectivity index (χ2n) is 9.81. The standard InChI is InChI=1S/C26H32N2S/c1-19(12-21-5-8-23-17-29-18-24(23)13-21)11-20-6-9-25(10-7-20)28-16-22(15-27-28)14-26(2,3)4/h5-10,13,15-16,19H,11-12,14,17-18H2,1-4H3. The van der Waals surface area contributed by atoms with E-state index in [1.807, 2.05) is 22.6 Å². The molecule has 0 fully saturated rings. The van der Waals surface area contributed by atoms with Crippen LogP contribution in [0.4, 0.5) is 0 Å². The van der Waals surface area contributed by atoms with Gasteiger partial charge in [0.25, 0.3) is 0 Å². The minimum Gasteiger partial charge on any atom is -0.241 e. The van der Waals surface area contributed by atoms with Gasteiger partial charge >= 0.3 is 0 Å². The zero-order valence-corrected chi connectivity index (χ0v) is 18.9. The van der Waals surface area contributed by atoms with E-state index in [4.69, 9.17) is 0 Å². The Balaban J connectivity index is 1.36. The first-order chi connectivity index (χ1) is 13.9. The summed E-state index contributed by atoms with van der Waals surface area (Å²) in [5, 5.41) is 4.56. The number of rotatable bonds is 6. The molecule has 3 heteroatoms. The first kappa shape index (κ1) is 20.3. The average Bonchev–Trinajstić information content (AvgIpc) is 3.30. The van der Waals surface area contributed by atoms with Crippen LogP contribution >= 0.6 is 11.8 Å². The van der Waals surface area contributed by atoms with E-state index in [2.05, 4.69) is 81.5 Å². The van der Waals surface area contributed by atoms with E-state index >= 15 is 0 Å². The van der Waals surface area contributed by atoms with Crippen molar-refractivity contribution in [2.75, 3.05) is 0 Å². The summed E-state index contributed by atoms with van der Waals surface area (Å²) in [5.41, 5.74) is 8.69. The molecule has 0 saturated heterocycles. The van der Waals surface area contributed by atoms with Crippen LogP contribution in [0.5, 0.6) is 0 Å². The number of thioether (sulfide) groups is 1. The summed E-state index contributed by atoms with van der Waals surface area (Å²) < 4.78 is 2.00. The van der Waals surface area contributed by atoms with Crippen LogP contribution in [0.15, 0.2) is 54.9 Å². The van der Waals surface area contributed by atoms with Crippen LogP contribution < -0.4 is 0 Å².